The fourth-order valence-electron chi connectivity index (χ4n) is 2.63. The number of sulfone groups is 1. The molecule has 0 atom stereocenters. The van der Waals surface area contributed by atoms with Gasteiger partial charge < -0.3 is 9.47 Å². The van der Waals surface area contributed by atoms with Gasteiger partial charge in [-0.3, -0.25) is 0 Å². The van der Waals surface area contributed by atoms with Crippen LogP contribution in [0, 0.1) is 0 Å². The molecular formula is C22H16N2O4S. The number of hydrogen-bond donors (Lipinski definition) is 0. The summed E-state index contributed by atoms with van der Waals surface area (Å²) in [6.45, 7) is 0. The Balaban J connectivity index is 1.75. The number of nitrogens with zero attached hydrogens (tertiary/aromatic N) is 2. The van der Waals surface area contributed by atoms with Crippen molar-refractivity contribution in [1.29, 1.82) is 0 Å². The average molecular weight is 404 g/mol. The smallest absolute Gasteiger partial charge is 0.238 e. The molecule has 0 aliphatic rings. The number of benzene rings is 2. The van der Waals surface area contributed by atoms with Crippen molar-refractivity contribution in [2.45, 2.75) is 9.79 Å². The van der Waals surface area contributed by atoms with Crippen molar-refractivity contribution < 1.29 is 17.9 Å². The van der Waals surface area contributed by atoms with Crippen molar-refractivity contribution in [3.8, 4) is 23.3 Å². The van der Waals surface area contributed by atoms with E-state index >= 15 is 0 Å². The Labute approximate surface area is 168 Å². The lowest BCUT2D eigenvalue weighted by Crippen LogP contribution is -2.07. The topological polar surface area (TPSA) is 78.4 Å². The molecule has 0 bridgehead atoms. The van der Waals surface area contributed by atoms with Crippen molar-refractivity contribution in [3.63, 3.8) is 0 Å². The molecule has 2 aromatic heterocycles. The Hall–Kier alpha value is -3.71. The third-order valence-electron chi connectivity index (χ3n) is 3.97. The van der Waals surface area contributed by atoms with Crippen LogP contribution in [0.5, 0.6) is 23.3 Å². The van der Waals surface area contributed by atoms with Crippen LogP contribution in [0.25, 0.3) is 0 Å². The average Bonchev–Trinajstić information content (AvgIpc) is 2.76. The summed E-state index contributed by atoms with van der Waals surface area (Å²) in [5.74, 6) is 0.922. The molecule has 0 aliphatic carbocycles. The van der Waals surface area contributed by atoms with Gasteiger partial charge >= 0.3 is 0 Å². The molecule has 6 nitrogen and oxygen atoms in total. The van der Waals surface area contributed by atoms with E-state index in [9.17, 15) is 8.42 Å². The van der Waals surface area contributed by atoms with Gasteiger partial charge in [-0.2, -0.15) is 0 Å². The van der Waals surface area contributed by atoms with E-state index in [1.54, 1.807) is 60.7 Å². The maximum Gasteiger partial charge on any atom is 0.238 e. The zero-order valence-corrected chi connectivity index (χ0v) is 16.0. The summed E-state index contributed by atoms with van der Waals surface area (Å²) in [5, 5.41) is 0. The number of ether oxygens (including phenoxy) is 2. The monoisotopic (exact) mass is 404 g/mol. The molecule has 144 valence electrons. The first-order chi connectivity index (χ1) is 14.1. The normalized spacial score (nSPS) is 11.0. The quantitative estimate of drug-likeness (QED) is 0.455. The molecule has 0 saturated heterocycles. The highest BCUT2D eigenvalue weighted by molar-refractivity contribution is 7.91. The molecule has 0 saturated carbocycles. The molecule has 2 heterocycles. The van der Waals surface area contributed by atoms with Crippen LogP contribution in [0.1, 0.15) is 0 Å². The van der Waals surface area contributed by atoms with Crippen LogP contribution in [0.4, 0.5) is 0 Å². The fraction of sp³-hybridized carbons (Fsp3) is 0. The standard InChI is InChI=1S/C22H16N2O4S/c25-29(26,19-13-7-15-23-21(19)27-17-9-3-1-4-10-17)20-14-8-16-24-22(20)28-18-11-5-2-6-12-18/h1-16H. The van der Waals surface area contributed by atoms with Gasteiger partial charge in [0.1, 0.15) is 21.3 Å². The van der Waals surface area contributed by atoms with Gasteiger partial charge in [0.15, 0.2) is 0 Å². The van der Waals surface area contributed by atoms with Crippen molar-refractivity contribution >= 4 is 9.84 Å². The second-order valence-electron chi connectivity index (χ2n) is 5.95. The number of pyridine rings is 2. The molecule has 2 aromatic carbocycles. The first-order valence-corrected chi connectivity index (χ1v) is 10.2. The number of rotatable bonds is 6. The van der Waals surface area contributed by atoms with Crippen molar-refractivity contribution in [3.05, 3.63) is 97.3 Å². The Kier molecular flexibility index (Phi) is 5.22. The highest BCUT2D eigenvalue weighted by atomic mass is 32.2. The highest BCUT2D eigenvalue weighted by Gasteiger charge is 2.28. The largest absolute Gasteiger partial charge is 0.438 e. The van der Waals surface area contributed by atoms with E-state index in [4.69, 9.17) is 9.47 Å². The molecule has 4 aromatic rings. The molecule has 0 amide bonds. The molecule has 0 radical (unpaired) electrons. The first-order valence-electron chi connectivity index (χ1n) is 8.75. The summed E-state index contributed by atoms with van der Waals surface area (Å²) in [7, 11) is -4.02. The minimum absolute atomic E-state index is 0.0202. The maximum absolute atomic E-state index is 13.4. The number of hydrogen-bond acceptors (Lipinski definition) is 6. The van der Waals surface area contributed by atoms with Crippen LogP contribution in [0.2, 0.25) is 0 Å². The van der Waals surface area contributed by atoms with E-state index < -0.39 is 9.84 Å². The van der Waals surface area contributed by atoms with Crippen molar-refractivity contribution in [1.82, 2.24) is 9.97 Å². The molecular weight excluding hydrogens is 388 g/mol. The van der Waals surface area contributed by atoms with Crippen LogP contribution in [0.15, 0.2) is 107 Å². The molecule has 0 N–H and O–H groups in total. The van der Waals surface area contributed by atoms with Crippen LogP contribution in [-0.4, -0.2) is 18.4 Å². The van der Waals surface area contributed by atoms with E-state index in [-0.39, 0.29) is 21.6 Å². The Morgan fingerprint density at radius 1 is 0.552 bits per heavy atom. The summed E-state index contributed by atoms with van der Waals surface area (Å²) < 4.78 is 38.3. The first kappa shape index (κ1) is 18.6. The van der Waals surface area contributed by atoms with Crippen LogP contribution < -0.4 is 9.47 Å². The minimum atomic E-state index is -4.02. The molecule has 29 heavy (non-hydrogen) atoms. The van der Waals surface area contributed by atoms with Crippen LogP contribution >= 0.6 is 0 Å². The maximum atomic E-state index is 13.4. The predicted octanol–water partition coefficient (Wildman–Crippen LogP) is 4.89. The van der Waals surface area contributed by atoms with E-state index in [2.05, 4.69) is 9.97 Å². The number of aromatic nitrogens is 2. The second kappa shape index (κ2) is 8.12. The third-order valence-corrected chi connectivity index (χ3v) is 5.75. The van der Waals surface area contributed by atoms with Crippen molar-refractivity contribution in [2.24, 2.45) is 0 Å². The van der Waals surface area contributed by atoms with Gasteiger partial charge in [-0.1, -0.05) is 36.4 Å². The lowest BCUT2D eigenvalue weighted by atomic mass is 10.3. The van der Waals surface area contributed by atoms with Crippen molar-refractivity contribution in [2.75, 3.05) is 0 Å². The molecule has 7 heteroatoms. The zero-order chi connectivity index (χ0) is 20.1. The summed E-state index contributed by atoms with van der Waals surface area (Å²) >= 11 is 0. The highest BCUT2D eigenvalue weighted by Crippen LogP contribution is 2.35. The van der Waals surface area contributed by atoms with E-state index in [1.807, 2.05) is 12.1 Å². The van der Waals surface area contributed by atoms with Gasteiger partial charge in [-0.25, -0.2) is 18.4 Å². The summed E-state index contributed by atoms with van der Waals surface area (Å²) in [6, 6.07) is 23.7. The van der Waals surface area contributed by atoms with Crippen LogP contribution in [-0.2, 0) is 9.84 Å². The predicted molar refractivity (Wildman–Crippen MR) is 107 cm³/mol. The summed E-state index contributed by atoms with van der Waals surface area (Å²) in [4.78, 5) is 8.09. The number of para-hydroxylation sites is 2. The van der Waals surface area contributed by atoms with E-state index in [0.29, 0.717) is 11.5 Å². The molecule has 4 rings (SSSR count). The lowest BCUT2D eigenvalue weighted by molar-refractivity contribution is 0.441. The molecule has 0 fully saturated rings. The van der Waals surface area contributed by atoms with Gasteiger partial charge in [0.2, 0.25) is 21.6 Å². The van der Waals surface area contributed by atoms with Gasteiger partial charge in [-0.05, 0) is 48.5 Å². The van der Waals surface area contributed by atoms with E-state index in [1.165, 1.54) is 24.5 Å². The molecule has 0 aliphatic heterocycles. The summed E-state index contributed by atoms with van der Waals surface area (Å²) in [6.07, 6.45) is 2.95. The SMILES string of the molecule is O=S(=O)(c1cccnc1Oc1ccccc1)c1cccnc1Oc1ccccc1. The Bertz CT molecular complexity index is 1120. The lowest BCUT2D eigenvalue weighted by Gasteiger charge is -2.13. The van der Waals surface area contributed by atoms with Gasteiger partial charge in [0.25, 0.3) is 0 Å². The Morgan fingerprint density at radius 2 is 0.966 bits per heavy atom. The molecule has 0 spiro atoms. The van der Waals surface area contributed by atoms with E-state index in [0.717, 1.165) is 0 Å². The molecule has 0 unspecified atom stereocenters. The zero-order valence-electron chi connectivity index (χ0n) is 15.2. The second-order valence-corrected chi connectivity index (χ2v) is 7.83. The third kappa shape index (κ3) is 4.09. The summed E-state index contributed by atoms with van der Waals surface area (Å²) in [5.41, 5.74) is 0. The van der Waals surface area contributed by atoms with Crippen LogP contribution in [0.3, 0.4) is 0 Å². The fourth-order valence-corrected chi connectivity index (χ4v) is 4.03. The van der Waals surface area contributed by atoms with Gasteiger partial charge in [0, 0.05) is 12.4 Å². The van der Waals surface area contributed by atoms with Gasteiger partial charge in [0.05, 0.1) is 0 Å². The Morgan fingerprint density at radius 3 is 1.38 bits per heavy atom. The minimum Gasteiger partial charge on any atom is -0.438 e. The van der Waals surface area contributed by atoms with Gasteiger partial charge in [-0.15, -0.1) is 0 Å².